The predicted octanol–water partition coefficient (Wildman–Crippen LogP) is 4.86. The molecule has 6 nitrogen and oxygen atoms in total. The molecule has 146 valence electrons. The Morgan fingerprint density at radius 3 is 2.55 bits per heavy atom. The summed E-state index contributed by atoms with van der Waals surface area (Å²) in [4.78, 5) is 12.8. The van der Waals surface area contributed by atoms with Crippen molar-refractivity contribution in [2.45, 2.75) is 17.3 Å². The van der Waals surface area contributed by atoms with Crippen molar-refractivity contribution in [2.75, 3.05) is 5.32 Å². The van der Waals surface area contributed by atoms with Crippen molar-refractivity contribution in [1.29, 1.82) is 0 Å². The fourth-order valence-corrected chi connectivity index (χ4v) is 3.76. The molecular formula is C22H20N4O2S. The van der Waals surface area contributed by atoms with E-state index in [1.807, 2.05) is 79.2 Å². The first-order chi connectivity index (χ1) is 14.1. The smallest absolute Gasteiger partial charge is 0.237 e. The lowest BCUT2D eigenvalue weighted by atomic mass is 10.0. The van der Waals surface area contributed by atoms with Crippen LogP contribution in [0.4, 0.5) is 5.69 Å². The van der Waals surface area contributed by atoms with Gasteiger partial charge in [0.05, 0.1) is 11.5 Å². The molecule has 0 saturated carbocycles. The minimum Gasteiger partial charge on any atom is -0.461 e. The van der Waals surface area contributed by atoms with Gasteiger partial charge >= 0.3 is 0 Å². The van der Waals surface area contributed by atoms with Gasteiger partial charge in [-0.25, -0.2) is 0 Å². The summed E-state index contributed by atoms with van der Waals surface area (Å²) in [6, 6.07) is 21.4. The van der Waals surface area contributed by atoms with Gasteiger partial charge in [-0.15, -0.1) is 10.2 Å². The molecule has 0 saturated heterocycles. The van der Waals surface area contributed by atoms with Crippen LogP contribution >= 0.6 is 11.8 Å². The summed E-state index contributed by atoms with van der Waals surface area (Å²) in [6.07, 6.45) is 1.59. The van der Waals surface area contributed by atoms with Gasteiger partial charge in [-0.05, 0) is 30.7 Å². The standard InChI is InChI=1S/C22H20N4O2S/c1-15(29-22-25-24-20(26(22)2)19-13-8-14-28-19)21(27)23-18-12-7-6-11-17(18)16-9-4-3-5-10-16/h3-15H,1-2H3,(H,23,27)/t15-/m0/s1. The number of aromatic nitrogens is 3. The van der Waals surface area contributed by atoms with Crippen LogP contribution in [0.5, 0.6) is 0 Å². The van der Waals surface area contributed by atoms with Crippen molar-refractivity contribution < 1.29 is 9.21 Å². The first kappa shape index (κ1) is 19.0. The molecule has 29 heavy (non-hydrogen) atoms. The number of rotatable bonds is 6. The van der Waals surface area contributed by atoms with E-state index in [1.165, 1.54) is 11.8 Å². The van der Waals surface area contributed by atoms with Gasteiger partial charge < -0.3 is 14.3 Å². The SMILES string of the molecule is C[C@H](Sc1nnc(-c2ccco2)n1C)C(=O)Nc1ccccc1-c1ccccc1. The number of amides is 1. The highest BCUT2D eigenvalue weighted by atomic mass is 32.2. The van der Waals surface area contributed by atoms with Crippen molar-refractivity contribution in [3.8, 4) is 22.7 Å². The maximum Gasteiger partial charge on any atom is 0.237 e. The molecule has 1 amide bonds. The van der Waals surface area contributed by atoms with Crippen LogP contribution in [0.25, 0.3) is 22.7 Å². The Kier molecular flexibility index (Phi) is 5.48. The molecule has 0 unspecified atom stereocenters. The molecule has 0 aliphatic carbocycles. The quantitative estimate of drug-likeness (QED) is 0.465. The highest BCUT2D eigenvalue weighted by Gasteiger charge is 2.21. The minimum atomic E-state index is -0.355. The molecule has 1 N–H and O–H groups in total. The van der Waals surface area contributed by atoms with E-state index < -0.39 is 0 Å². The molecule has 7 heteroatoms. The monoisotopic (exact) mass is 404 g/mol. The number of thioether (sulfide) groups is 1. The van der Waals surface area contributed by atoms with Crippen LogP contribution in [0.1, 0.15) is 6.92 Å². The number of hydrogen-bond acceptors (Lipinski definition) is 5. The van der Waals surface area contributed by atoms with Gasteiger partial charge in [-0.3, -0.25) is 4.79 Å². The largest absolute Gasteiger partial charge is 0.461 e. The summed E-state index contributed by atoms with van der Waals surface area (Å²) < 4.78 is 7.21. The predicted molar refractivity (Wildman–Crippen MR) is 115 cm³/mol. The molecule has 0 spiro atoms. The van der Waals surface area contributed by atoms with Crippen LogP contribution in [-0.2, 0) is 11.8 Å². The Morgan fingerprint density at radius 1 is 1.03 bits per heavy atom. The van der Waals surface area contributed by atoms with Crippen molar-refractivity contribution in [3.63, 3.8) is 0 Å². The third-order valence-corrected chi connectivity index (χ3v) is 5.63. The molecule has 2 aromatic heterocycles. The summed E-state index contributed by atoms with van der Waals surface area (Å²) >= 11 is 1.35. The van der Waals surface area contributed by atoms with Gasteiger partial charge in [0, 0.05) is 18.3 Å². The lowest BCUT2D eigenvalue weighted by Crippen LogP contribution is -2.23. The zero-order valence-electron chi connectivity index (χ0n) is 16.1. The maximum absolute atomic E-state index is 12.8. The van der Waals surface area contributed by atoms with Crippen molar-refractivity contribution in [2.24, 2.45) is 7.05 Å². The highest BCUT2D eigenvalue weighted by Crippen LogP contribution is 2.30. The molecule has 4 aromatic rings. The number of para-hydroxylation sites is 1. The van der Waals surface area contributed by atoms with E-state index in [1.54, 1.807) is 12.3 Å². The number of benzene rings is 2. The maximum atomic E-state index is 12.8. The number of carbonyl (C=O) groups is 1. The van der Waals surface area contributed by atoms with E-state index in [9.17, 15) is 4.79 Å². The zero-order valence-corrected chi connectivity index (χ0v) is 16.9. The number of nitrogens with zero attached hydrogens (tertiary/aromatic N) is 3. The molecule has 0 aliphatic rings. The Morgan fingerprint density at radius 2 is 1.79 bits per heavy atom. The van der Waals surface area contributed by atoms with Gasteiger partial charge in [0.15, 0.2) is 16.7 Å². The summed E-state index contributed by atoms with van der Waals surface area (Å²) in [5.41, 5.74) is 2.82. The van der Waals surface area contributed by atoms with Gasteiger partial charge in [0.2, 0.25) is 5.91 Å². The number of anilines is 1. The van der Waals surface area contributed by atoms with Crippen molar-refractivity contribution >= 4 is 23.4 Å². The third-order valence-electron chi connectivity index (χ3n) is 4.50. The van der Waals surface area contributed by atoms with Crippen LogP contribution in [0, 0.1) is 0 Å². The summed E-state index contributed by atoms with van der Waals surface area (Å²) in [6.45, 7) is 1.85. The average Bonchev–Trinajstić information content (AvgIpc) is 3.39. The normalized spacial score (nSPS) is 11.9. The molecule has 0 fully saturated rings. The first-order valence-electron chi connectivity index (χ1n) is 9.18. The third kappa shape index (κ3) is 4.09. The second kappa shape index (κ2) is 8.36. The van der Waals surface area contributed by atoms with Crippen LogP contribution in [0.15, 0.2) is 82.6 Å². The molecule has 1 atom stereocenters. The van der Waals surface area contributed by atoms with Gasteiger partial charge in [-0.1, -0.05) is 60.3 Å². The van der Waals surface area contributed by atoms with Gasteiger partial charge in [-0.2, -0.15) is 0 Å². The summed E-state index contributed by atoms with van der Waals surface area (Å²) in [5, 5.41) is 11.7. The topological polar surface area (TPSA) is 73.0 Å². The first-order valence-corrected chi connectivity index (χ1v) is 10.1. The van der Waals surface area contributed by atoms with Crippen LogP contribution < -0.4 is 5.32 Å². The summed E-state index contributed by atoms with van der Waals surface area (Å²) in [5.74, 6) is 1.17. The molecule has 0 radical (unpaired) electrons. The Bertz CT molecular complexity index is 1110. The number of carbonyl (C=O) groups excluding carboxylic acids is 1. The van der Waals surface area contributed by atoms with E-state index in [0.29, 0.717) is 16.7 Å². The highest BCUT2D eigenvalue weighted by molar-refractivity contribution is 8.00. The van der Waals surface area contributed by atoms with Gasteiger partial charge in [0.25, 0.3) is 0 Å². The molecule has 2 aromatic carbocycles. The van der Waals surface area contributed by atoms with E-state index in [2.05, 4.69) is 15.5 Å². The number of hydrogen-bond donors (Lipinski definition) is 1. The Hall–Kier alpha value is -3.32. The second-order valence-corrected chi connectivity index (χ2v) is 7.81. The minimum absolute atomic E-state index is 0.0964. The molecule has 2 heterocycles. The average molecular weight is 404 g/mol. The molecule has 0 aliphatic heterocycles. The molecular weight excluding hydrogens is 384 g/mol. The van der Waals surface area contributed by atoms with E-state index in [-0.39, 0.29) is 11.2 Å². The second-order valence-electron chi connectivity index (χ2n) is 6.50. The lowest BCUT2D eigenvalue weighted by Gasteiger charge is -2.14. The van der Waals surface area contributed by atoms with E-state index in [4.69, 9.17) is 4.42 Å². The Balaban J connectivity index is 1.49. The van der Waals surface area contributed by atoms with Crippen molar-refractivity contribution in [3.05, 3.63) is 73.0 Å². The summed E-state index contributed by atoms with van der Waals surface area (Å²) in [7, 11) is 1.86. The zero-order chi connectivity index (χ0) is 20.2. The number of furan rings is 1. The number of nitrogens with one attached hydrogen (secondary N) is 1. The van der Waals surface area contributed by atoms with Crippen LogP contribution in [-0.4, -0.2) is 25.9 Å². The van der Waals surface area contributed by atoms with E-state index >= 15 is 0 Å². The van der Waals surface area contributed by atoms with Crippen LogP contribution in [0.3, 0.4) is 0 Å². The lowest BCUT2D eigenvalue weighted by molar-refractivity contribution is -0.115. The van der Waals surface area contributed by atoms with Gasteiger partial charge in [0.1, 0.15) is 0 Å². The molecule has 0 bridgehead atoms. The van der Waals surface area contributed by atoms with Crippen molar-refractivity contribution in [1.82, 2.24) is 14.8 Å². The molecule has 4 rings (SSSR count). The fourth-order valence-electron chi connectivity index (χ4n) is 2.95. The van der Waals surface area contributed by atoms with Crippen LogP contribution in [0.2, 0.25) is 0 Å². The fraction of sp³-hybridized carbons (Fsp3) is 0.136. The van der Waals surface area contributed by atoms with E-state index in [0.717, 1.165) is 16.8 Å². The Labute approximate surface area is 173 Å².